The highest BCUT2D eigenvalue weighted by Crippen LogP contribution is 2.11. The van der Waals surface area contributed by atoms with Crippen LogP contribution < -0.4 is 33.2 Å². The molecule has 0 bridgehead atoms. The van der Waals surface area contributed by atoms with Gasteiger partial charge < -0.3 is 48.5 Å². The SMILES string of the molecule is CC(C)C(NC(=O)C(N)Cc1ccc(O)cc1)C(=O)NC(CCCN=C(N)N)C(=O)NC(CO)C(=O)O. The fraction of sp³-hybridized carbons (Fsp3) is 0.522. The molecule has 37 heavy (non-hydrogen) atoms. The van der Waals surface area contributed by atoms with E-state index in [1.165, 1.54) is 12.1 Å². The number of phenols is 1. The number of hydrogen-bond donors (Lipinski definition) is 9. The van der Waals surface area contributed by atoms with Crippen molar-refractivity contribution in [3.05, 3.63) is 29.8 Å². The van der Waals surface area contributed by atoms with Crippen LogP contribution in [0, 0.1) is 5.92 Å². The molecule has 0 saturated heterocycles. The van der Waals surface area contributed by atoms with Crippen LogP contribution in [0.2, 0.25) is 0 Å². The van der Waals surface area contributed by atoms with Crippen LogP contribution in [-0.2, 0) is 25.6 Å². The number of phenolic OH excluding ortho intramolecular Hbond substituents is 1. The fourth-order valence-electron chi connectivity index (χ4n) is 3.27. The molecule has 12 N–H and O–H groups in total. The van der Waals surface area contributed by atoms with Crippen LogP contribution in [0.15, 0.2) is 29.3 Å². The van der Waals surface area contributed by atoms with Gasteiger partial charge in [-0.1, -0.05) is 26.0 Å². The number of aromatic hydroxyl groups is 1. The molecule has 1 rings (SSSR count). The molecule has 206 valence electrons. The number of carbonyl (C=O) groups excluding carboxylic acids is 3. The second-order valence-corrected chi connectivity index (χ2v) is 8.80. The van der Waals surface area contributed by atoms with E-state index < -0.39 is 54.5 Å². The van der Waals surface area contributed by atoms with Gasteiger partial charge in [-0.05, 0) is 42.9 Å². The molecule has 0 aliphatic heterocycles. The van der Waals surface area contributed by atoms with Gasteiger partial charge in [-0.3, -0.25) is 19.4 Å². The number of carbonyl (C=O) groups is 4. The third-order valence-corrected chi connectivity index (χ3v) is 5.35. The molecular formula is C23H37N7O7. The topological polar surface area (TPSA) is 255 Å². The van der Waals surface area contributed by atoms with E-state index in [1.54, 1.807) is 26.0 Å². The number of aliphatic hydroxyl groups is 1. The summed E-state index contributed by atoms with van der Waals surface area (Å²) in [5.74, 6) is -4.03. The Hall–Kier alpha value is -3.91. The number of nitrogens with two attached hydrogens (primary N) is 3. The molecule has 4 unspecified atom stereocenters. The molecule has 14 nitrogen and oxygen atoms in total. The average molecular weight is 524 g/mol. The lowest BCUT2D eigenvalue weighted by molar-refractivity contribution is -0.143. The second-order valence-electron chi connectivity index (χ2n) is 8.80. The quantitative estimate of drug-likeness (QED) is 0.0663. The zero-order chi connectivity index (χ0) is 28.1. The fourth-order valence-corrected chi connectivity index (χ4v) is 3.27. The van der Waals surface area contributed by atoms with Gasteiger partial charge in [0.15, 0.2) is 5.96 Å². The molecule has 0 saturated carbocycles. The molecule has 0 spiro atoms. The third kappa shape index (κ3) is 11.1. The van der Waals surface area contributed by atoms with Crippen LogP contribution in [0.5, 0.6) is 5.75 Å². The van der Waals surface area contributed by atoms with Gasteiger partial charge in [0.25, 0.3) is 0 Å². The second kappa shape index (κ2) is 15.3. The van der Waals surface area contributed by atoms with E-state index in [0.29, 0.717) is 5.56 Å². The lowest BCUT2D eigenvalue weighted by Crippen LogP contribution is -2.58. The number of aliphatic carboxylic acids is 1. The lowest BCUT2D eigenvalue weighted by Gasteiger charge is -2.27. The smallest absolute Gasteiger partial charge is 0.328 e. The summed E-state index contributed by atoms with van der Waals surface area (Å²) in [7, 11) is 0. The van der Waals surface area contributed by atoms with Crippen LogP contribution in [0.3, 0.4) is 0 Å². The highest BCUT2D eigenvalue weighted by atomic mass is 16.4. The number of aliphatic hydroxyl groups excluding tert-OH is 1. The van der Waals surface area contributed by atoms with E-state index in [9.17, 15) is 29.4 Å². The predicted octanol–water partition coefficient (Wildman–Crippen LogP) is -2.50. The monoisotopic (exact) mass is 523 g/mol. The standard InChI is InChI=1S/C23H37N7O7/c1-12(2)18(30-19(33)15(24)10-13-5-7-14(32)8-6-13)21(35)28-16(4-3-9-27-23(25)26)20(34)29-17(11-31)22(36)37/h5-8,12,15-18,31-32H,3-4,9-11,24H2,1-2H3,(H,28,35)(H,29,34)(H,30,33)(H,36,37)(H4,25,26,27). The predicted molar refractivity (Wildman–Crippen MR) is 135 cm³/mol. The summed E-state index contributed by atoms with van der Waals surface area (Å²) in [5, 5.41) is 35.0. The Bertz CT molecular complexity index is 949. The van der Waals surface area contributed by atoms with Crippen LogP contribution in [-0.4, -0.2) is 82.3 Å². The van der Waals surface area contributed by atoms with E-state index in [2.05, 4.69) is 20.9 Å². The number of guanidine groups is 1. The lowest BCUT2D eigenvalue weighted by atomic mass is 10.0. The zero-order valence-electron chi connectivity index (χ0n) is 20.9. The largest absolute Gasteiger partial charge is 0.508 e. The van der Waals surface area contributed by atoms with Gasteiger partial charge in [0, 0.05) is 6.54 Å². The summed E-state index contributed by atoms with van der Waals surface area (Å²) in [6, 6.07) is 1.37. The average Bonchev–Trinajstić information content (AvgIpc) is 2.83. The molecule has 0 aliphatic carbocycles. The molecule has 3 amide bonds. The first kappa shape index (κ1) is 31.1. The summed E-state index contributed by atoms with van der Waals surface area (Å²) < 4.78 is 0. The maximum absolute atomic E-state index is 13.1. The molecule has 14 heteroatoms. The minimum atomic E-state index is -1.57. The summed E-state index contributed by atoms with van der Waals surface area (Å²) in [4.78, 5) is 53.5. The maximum Gasteiger partial charge on any atom is 0.328 e. The first-order chi connectivity index (χ1) is 17.3. The van der Waals surface area contributed by atoms with Gasteiger partial charge in [-0.2, -0.15) is 0 Å². The van der Waals surface area contributed by atoms with Gasteiger partial charge in [0.05, 0.1) is 12.6 Å². The summed E-state index contributed by atoms with van der Waals surface area (Å²) >= 11 is 0. The van der Waals surface area contributed by atoms with E-state index in [0.717, 1.165) is 0 Å². The zero-order valence-corrected chi connectivity index (χ0v) is 20.9. The van der Waals surface area contributed by atoms with Crippen LogP contribution in [0.4, 0.5) is 0 Å². The molecule has 0 aromatic heterocycles. The van der Waals surface area contributed by atoms with Crippen molar-refractivity contribution in [1.29, 1.82) is 0 Å². The number of benzene rings is 1. The van der Waals surface area contributed by atoms with Gasteiger partial charge in [-0.25, -0.2) is 4.79 Å². The third-order valence-electron chi connectivity index (χ3n) is 5.35. The summed E-state index contributed by atoms with van der Waals surface area (Å²) in [6.07, 6.45) is 0.473. The highest BCUT2D eigenvalue weighted by molar-refractivity contribution is 5.94. The van der Waals surface area contributed by atoms with Gasteiger partial charge in [0.1, 0.15) is 23.9 Å². The van der Waals surface area contributed by atoms with Crippen LogP contribution >= 0.6 is 0 Å². The minimum Gasteiger partial charge on any atom is -0.508 e. The number of amides is 3. The first-order valence-corrected chi connectivity index (χ1v) is 11.7. The van der Waals surface area contributed by atoms with Crippen molar-refractivity contribution in [3.8, 4) is 5.75 Å². The molecule has 0 heterocycles. The Morgan fingerprint density at radius 3 is 2.05 bits per heavy atom. The number of nitrogens with zero attached hydrogens (tertiary/aromatic N) is 1. The molecule has 1 aromatic rings. The Morgan fingerprint density at radius 2 is 1.54 bits per heavy atom. The highest BCUT2D eigenvalue weighted by Gasteiger charge is 2.31. The van der Waals surface area contributed by atoms with E-state index in [4.69, 9.17) is 22.3 Å². The normalized spacial score (nSPS) is 14.1. The molecular weight excluding hydrogens is 486 g/mol. The van der Waals surface area contributed by atoms with Crippen LogP contribution in [0.1, 0.15) is 32.3 Å². The summed E-state index contributed by atoms with van der Waals surface area (Å²) in [5.41, 5.74) is 17.3. The molecule has 4 atom stereocenters. The van der Waals surface area contributed by atoms with Crippen molar-refractivity contribution in [2.45, 2.75) is 57.3 Å². The van der Waals surface area contributed by atoms with Gasteiger partial charge in [-0.15, -0.1) is 0 Å². The minimum absolute atomic E-state index is 0.0469. The van der Waals surface area contributed by atoms with Crippen molar-refractivity contribution in [3.63, 3.8) is 0 Å². The summed E-state index contributed by atoms with van der Waals surface area (Å²) in [6.45, 7) is 2.69. The Morgan fingerprint density at radius 1 is 0.946 bits per heavy atom. The van der Waals surface area contributed by atoms with Crippen molar-refractivity contribution >= 4 is 29.7 Å². The van der Waals surface area contributed by atoms with Crippen molar-refractivity contribution in [2.75, 3.05) is 13.2 Å². The van der Waals surface area contributed by atoms with E-state index in [1.807, 2.05) is 0 Å². The van der Waals surface area contributed by atoms with E-state index in [-0.39, 0.29) is 43.4 Å². The van der Waals surface area contributed by atoms with Gasteiger partial charge in [0.2, 0.25) is 17.7 Å². The van der Waals surface area contributed by atoms with Gasteiger partial charge >= 0.3 is 5.97 Å². The van der Waals surface area contributed by atoms with E-state index >= 15 is 0 Å². The Kier molecular flexibility index (Phi) is 12.8. The number of aliphatic imine (C=N–C) groups is 1. The first-order valence-electron chi connectivity index (χ1n) is 11.7. The van der Waals surface area contributed by atoms with Crippen molar-refractivity contribution < 1.29 is 34.5 Å². The molecule has 0 aliphatic rings. The molecule has 0 radical (unpaired) electrons. The van der Waals surface area contributed by atoms with Crippen molar-refractivity contribution in [2.24, 2.45) is 28.1 Å². The Balaban J connectivity index is 2.93. The maximum atomic E-state index is 13.1. The molecule has 1 aromatic carbocycles. The number of hydrogen-bond acceptors (Lipinski definition) is 8. The Labute approximate surface area is 214 Å². The molecule has 0 fully saturated rings. The van der Waals surface area contributed by atoms with Crippen LogP contribution in [0.25, 0.3) is 0 Å². The van der Waals surface area contributed by atoms with Crippen molar-refractivity contribution in [1.82, 2.24) is 16.0 Å². The number of rotatable bonds is 15. The number of nitrogens with one attached hydrogen (secondary N) is 3. The number of carboxylic acids is 1. The number of carboxylic acid groups (broad SMARTS) is 1.